The predicted octanol–water partition coefficient (Wildman–Crippen LogP) is 4.81. The van der Waals surface area contributed by atoms with Crippen LogP contribution in [0.2, 0.25) is 0 Å². The third kappa shape index (κ3) is 3.51. The van der Waals surface area contributed by atoms with Gasteiger partial charge in [-0.25, -0.2) is 4.39 Å². The highest BCUT2D eigenvalue weighted by atomic mass is 19.4. The van der Waals surface area contributed by atoms with Crippen LogP contribution in [0.5, 0.6) is 0 Å². The molecule has 20 heavy (non-hydrogen) atoms. The van der Waals surface area contributed by atoms with Gasteiger partial charge in [-0.3, -0.25) is 0 Å². The van der Waals surface area contributed by atoms with Crippen molar-refractivity contribution >= 4 is 0 Å². The van der Waals surface area contributed by atoms with Crippen molar-refractivity contribution in [3.63, 3.8) is 0 Å². The van der Waals surface area contributed by atoms with E-state index in [-0.39, 0.29) is 5.56 Å². The molecule has 0 spiro atoms. The Balaban J connectivity index is 2.15. The molecule has 0 aliphatic heterocycles. The SMILES string of the molecule is NC(CC1CCCCC1)c1cccc(C(F)(F)F)c1F. The van der Waals surface area contributed by atoms with Gasteiger partial charge in [-0.05, 0) is 18.4 Å². The van der Waals surface area contributed by atoms with E-state index in [1.165, 1.54) is 18.6 Å². The quantitative estimate of drug-likeness (QED) is 0.794. The van der Waals surface area contributed by atoms with Gasteiger partial charge in [0.25, 0.3) is 0 Å². The molecular formula is C15H19F4N. The molecule has 0 bridgehead atoms. The van der Waals surface area contributed by atoms with E-state index in [1.807, 2.05) is 0 Å². The summed E-state index contributed by atoms with van der Waals surface area (Å²) in [4.78, 5) is 0. The van der Waals surface area contributed by atoms with E-state index in [9.17, 15) is 17.6 Å². The molecule has 5 heteroatoms. The lowest BCUT2D eigenvalue weighted by atomic mass is 9.83. The fourth-order valence-electron chi connectivity index (χ4n) is 2.96. The van der Waals surface area contributed by atoms with Crippen LogP contribution in [0.4, 0.5) is 17.6 Å². The Labute approximate surface area is 116 Å². The fraction of sp³-hybridized carbons (Fsp3) is 0.600. The topological polar surface area (TPSA) is 26.0 Å². The van der Waals surface area contributed by atoms with Gasteiger partial charge in [0, 0.05) is 11.6 Å². The van der Waals surface area contributed by atoms with Crippen LogP contribution >= 0.6 is 0 Å². The molecule has 0 heterocycles. The molecule has 1 unspecified atom stereocenters. The van der Waals surface area contributed by atoms with Gasteiger partial charge in [-0.15, -0.1) is 0 Å². The van der Waals surface area contributed by atoms with E-state index in [0.29, 0.717) is 12.3 Å². The third-order valence-corrected chi connectivity index (χ3v) is 4.05. The van der Waals surface area contributed by atoms with Crippen LogP contribution < -0.4 is 5.73 Å². The number of alkyl halides is 3. The minimum absolute atomic E-state index is 0.0228. The van der Waals surface area contributed by atoms with Gasteiger partial charge in [0.05, 0.1) is 5.56 Å². The lowest BCUT2D eigenvalue weighted by molar-refractivity contribution is -0.140. The molecule has 1 aromatic rings. The summed E-state index contributed by atoms with van der Waals surface area (Å²) in [5, 5.41) is 0. The highest BCUT2D eigenvalue weighted by Crippen LogP contribution is 2.36. The number of halogens is 4. The Morgan fingerprint density at radius 3 is 2.40 bits per heavy atom. The van der Waals surface area contributed by atoms with Gasteiger partial charge in [-0.1, -0.05) is 44.2 Å². The molecule has 0 aromatic heterocycles. The molecule has 0 radical (unpaired) electrons. The van der Waals surface area contributed by atoms with Crippen molar-refractivity contribution in [3.8, 4) is 0 Å². The van der Waals surface area contributed by atoms with Crippen molar-refractivity contribution in [1.29, 1.82) is 0 Å². The minimum atomic E-state index is -4.68. The molecule has 0 saturated heterocycles. The maximum Gasteiger partial charge on any atom is 0.419 e. The number of nitrogens with two attached hydrogens (primary N) is 1. The summed E-state index contributed by atoms with van der Waals surface area (Å²) in [6.45, 7) is 0. The van der Waals surface area contributed by atoms with Crippen molar-refractivity contribution < 1.29 is 17.6 Å². The second-order valence-corrected chi connectivity index (χ2v) is 5.55. The maximum atomic E-state index is 14.0. The van der Waals surface area contributed by atoms with Crippen LogP contribution in [-0.4, -0.2) is 0 Å². The predicted molar refractivity (Wildman–Crippen MR) is 69.5 cm³/mol. The smallest absolute Gasteiger partial charge is 0.324 e. The van der Waals surface area contributed by atoms with Crippen LogP contribution in [0.25, 0.3) is 0 Å². The monoisotopic (exact) mass is 289 g/mol. The molecule has 112 valence electrons. The summed E-state index contributed by atoms with van der Waals surface area (Å²) in [5.74, 6) is -0.823. The second-order valence-electron chi connectivity index (χ2n) is 5.55. The number of hydrogen-bond donors (Lipinski definition) is 1. The zero-order valence-electron chi connectivity index (χ0n) is 11.2. The summed E-state index contributed by atoms with van der Waals surface area (Å²) in [6, 6.07) is 2.67. The first-order valence-electron chi connectivity index (χ1n) is 7.00. The molecule has 0 amide bonds. The second kappa shape index (κ2) is 6.12. The standard InChI is InChI=1S/C15H19F4N/c16-14-11(7-4-8-12(14)15(17,18)19)13(20)9-10-5-2-1-3-6-10/h4,7-8,10,13H,1-3,5-6,9,20H2. The lowest BCUT2D eigenvalue weighted by Gasteiger charge is -2.25. The average Bonchev–Trinajstić information content (AvgIpc) is 2.38. The van der Waals surface area contributed by atoms with E-state index in [1.54, 1.807) is 0 Å². The zero-order valence-corrected chi connectivity index (χ0v) is 11.2. The van der Waals surface area contributed by atoms with Crippen LogP contribution in [0, 0.1) is 11.7 Å². The Morgan fingerprint density at radius 1 is 1.15 bits per heavy atom. The van der Waals surface area contributed by atoms with Crippen molar-refractivity contribution in [3.05, 3.63) is 35.1 Å². The zero-order chi connectivity index (χ0) is 14.8. The Hall–Kier alpha value is -1.10. The van der Waals surface area contributed by atoms with Crippen LogP contribution in [-0.2, 0) is 6.18 Å². The normalized spacial score (nSPS) is 19.1. The molecule has 1 aliphatic carbocycles. The van der Waals surface area contributed by atoms with Crippen molar-refractivity contribution in [2.75, 3.05) is 0 Å². The van der Waals surface area contributed by atoms with Gasteiger partial charge in [0.1, 0.15) is 5.82 Å². The van der Waals surface area contributed by atoms with Gasteiger partial charge >= 0.3 is 6.18 Å². The summed E-state index contributed by atoms with van der Waals surface area (Å²) >= 11 is 0. The number of hydrogen-bond acceptors (Lipinski definition) is 1. The van der Waals surface area contributed by atoms with Crippen molar-refractivity contribution in [2.45, 2.75) is 50.7 Å². The van der Waals surface area contributed by atoms with E-state index < -0.39 is 23.6 Å². The molecule has 2 N–H and O–H groups in total. The van der Waals surface area contributed by atoms with Gasteiger partial charge in [-0.2, -0.15) is 13.2 Å². The summed E-state index contributed by atoms with van der Waals surface area (Å²) in [5.41, 5.74) is 4.68. The Kier molecular flexibility index (Phi) is 4.68. The first-order chi connectivity index (χ1) is 9.39. The summed E-state index contributed by atoms with van der Waals surface area (Å²) in [7, 11) is 0. The maximum absolute atomic E-state index is 14.0. The average molecular weight is 289 g/mol. The van der Waals surface area contributed by atoms with Crippen LogP contribution in [0.3, 0.4) is 0 Å². The highest BCUT2D eigenvalue weighted by Gasteiger charge is 2.35. The molecule has 1 fully saturated rings. The largest absolute Gasteiger partial charge is 0.419 e. The molecule has 1 aliphatic rings. The lowest BCUT2D eigenvalue weighted by Crippen LogP contribution is -2.20. The summed E-state index contributed by atoms with van der Waals surface area (Å²) < 4.78 is 52.0. The Morgan fingerprint density at radius 2 is 1.80 bits per heavy atom. The van der Waals surface area contributed by atoms with Crippen LogP contribution in [0.1, 0.15) is 55.7 Å². The van der Waals surface area contributed by atoms with Crippen LogP contribution in [0.15, 0.2) is 18.2 Å². The molecular weight excluding hydrogens is 270 g/mol. The third-order valence-electron chi connectivity index (χ3n) is 4.05. The van der Waals surface area contributed by atoms with Crippen molar-refractivity contribution in [1.82, 2.24) is 0 Å². The van der Waals surface area contributed by atoms with Crippen molar-refractivity contribution in [2.24, 2.45) is 11.7 Å². The highest BCUT2D eigenvalue weighted by molar-refractivity contribution is 5.30. The molecule has 1 aromatic carbocycles. The minimum Gasteiger partial charge on any atom is -0.324 e. The van der Waals surface area contributed by atoms with Gasteiger partial charge < -0.3 is 5.73 Å². The first-order valence-corrected chi connectivity index (χ1v) is 7.00. The first kappa shape index (κ1) is 15.3. The van der Waals surface area contributed by atoms with E-state index in [4.69, 9.17) is 5.73 Å². The van der Waals surface area contributed by atoms with Gasteiger partial charge in [0.2, 0.25) is 0 Å². The molecule has 1 atom stereocenters. The fourth-order valence-corrected chi connectivity index (χ4v) is 2.96. The molecule has 2 rings (SSSR count). The molecule has 1 saturated carbocycles. The van der Waals surface area contributed by atoms with E-state index in [2.05, 4.69) is 0 Å². The number of benzene rings is 1. The van der Waals surface area contributed by atoms with Gasteiger partial charge in [0.15, 0.2) is 0 Å². The Bertz CT molecular complexity index is 450. The number of rotatable bonds is 3. The van der Waals surface area contributed by atoms with E-state index in [0.717, 1.165) is 31.7 Å². The molecule has 1 nitrogen and oxygen atoms in total. The van der Waals surface area contributed by atoms with E-state index >= 15 is 0 Å². The summed E-state index contributed by atoms with van der Waals surface area (Å²) in [6.07, 6.45) is 1.40.